The molecule has 2 rings (SSSR count). The summed E-state index contributed by atoms with van der Waals surface area (Å²) in [5.74, 6) is 0.303. The van der Waals surface area contributed by atoms with Gasteiger partial charge in [0.2, 0.25) is 0 Å². The molecule has 0 heterocycles. The minimum atomic E-state index is -0.218. The Labute approximate surface area is 108 Å². The van der Waals surface area contributed by atoms with Gasteiger partial charge in [-0.3, -0.25) is 4.79 Å². The van der Waals surface area contributed by atoms with Crippen molar-refractivity contribution < 1.29 is 9.53 Å². The van der Waals surface area contributed by atoms with E-state index in [4.69, 9.17) is 10.5 Å². The van der Waals surface area contributed by atoms with Crippen LogP contribution in [0.2, 0.25) is 0 Å². The molecule has 18 heavy (non-hydrogen) atoms. The van der Waals surface area contributed by atoms with Crippen LogP contribution in [-0.4, -0.2) is 19.1 Å². The smallest absolute Gasteiger partial charge is 0.310 e. The van der Waals surface area contributed by atoms with Gasteiger partial charge < -0.3 is 10.5 Å². The lowest BCUT2D eigenvalue weighted by molar-refractivity contribution is -0.147. The molecule has 1 aliphatic carbocycles. The second-order valence-corrected chi connectivity index (χ2v) is 4.86. The first-order valence-electron chi connectivity index (χ1n) is 6.70. The van der Waals surface area contributed by atoms with Crippen LogP contribution in [0.3, 0.4) is 0 Å². The van der Waals surface area contributed by atoms with E-state index in [9.17, 15) is 4.79 Å². The molecule has 1 aromatic rings. The standard InChI is InChI=1S/C15H21NO2/c1-2-18-15(17)13(10-16)9-12-5-3-4-6-14(12)11-7-8-11/h3-6,11,13H,2,7-10,16H2,1H3. The third kappa shape index (κ3) is 3.10. The van der Waals surface area contributed by atoms with Crippen LogP contribution in [0.5, 0.6) is 0 Å². The predicted octanol–water partition coefficient (Wildman–Crippen LogP) is 2.24. The minimum Gasteiger partial charge on any atom is -0.466 e. The Hall–Kier alpha value is -1.35. The predicted molar refractivity (Wildman–Crippen MR) is 71.3 cm³/mol. The maximum absolute atomic E-state index is 11.8. The van der Waals surface area contributed by atoms with E-state index in [1.807, 2.05) is 13.0 Å². The molecule has 98 valence electrons. The van der Waals surface area contributed by atoms with Gasteiger partial charge in [0.05, 0.1) is 12.5 Å². The maximum atomic E-state index is 11.8. The van der Waals surface area contributed by atoms with Crippen molar-refractivity contribution in [2.24, 2.45) is 11.7 Å². The zero-order chi connectivity index (χ0) is 13.0. The molecule has 1 fully saturated rings. The highest BCUT2D eigenvalue weighted by molar-refractivity contribution is 5.73. The summed E-state index contributed by atoms with van der Waals surface area (Å²) in [4.78, 5) is 11.8. The third-order valence-electron chi connectivity index (χ3n) is 3.44. The minimum absolute atomic E-state index is 0.175. The van der Waals surface area contributed by atoms with Crippen molar-refractivity contribution in [2.45, 2.75) is 32.1 Å². The number of nitrogens with two attached hydrogens (primary N) is 1. The van der Waals surface area contributed by atoms with Crippen molar-refractivity contribution in [3.05, 3.63) is 35.4 Å². The lowest BCUT2D eigenvalue weighted by Crippen LogP contribution is -2.28. The van der Waals surface area contributed by atoms with E-state index in [1.165, 1.54) is 24.0 Å². The van der Waals surface area contributed by atoms with Gasteiger partial charge in [-0.25, -0.2) is 0 Å². The SMILES string of the molecule is CCOC(=O)C(CN)Cc1ccccc1C1CC1. The second-order valence-electron chi connectivity index (χ2n) is 4.86. The number of rotatable bonds is 6. The Balaban J connectivity index is 2.09. The third-order valence-corrected chi connectivity index (χ3v) is 3.44. The molecule has 3 nitrogen and oxygen atoms in total. The van der Waals surface area contributed by atoms with Crippen molar-refractivity contribution in [3.63, 3.8) is 0 Å². The Morgan fingerprint density at radius 1 is 1.44 bits per heavy atom. The summed E-state index contributed by atoms with van der Waals surface area (Å²) in [6, 6.07) is 8.38. The first kappa shape index (κ1) is 13.1. The van der Waals surface area contributed by atoms with Crippen LogP contribution >= 0.6 is 0 Å². The zero-order valence-electron chi connectivity index (χ0n) is 10.9. The number of carbonyl (C=O) groups excluding carboxylic acids is 1. The van der Waals surface area contributed by atoms with Crippen LogP contribution in [0, 0.1) is 5.92 Å². The first-order chi connectivity index (χ1) is 8.76. The topological polar surface area (TPSA) is 52.3 Å². The van der Waals surface area contributed by atoms with E-state index >= 15 is 0 Å². The average molecular weight is 247 g/mol. The second kappa shape index (κ2) is 6.01. The normalized spacial score (nSPS) is 16.3. The lowest BCUT2D eigenvalue weighted by atomic mass is 9.93. The Morgan fingerprint density at radius 3 is 2.78 bits per heavy atom. The first-order valence-corrected chi connectivity index (χ1v) is 6.70. The van der Waals surface area contributed by atoms with E-state index in [-0.39, 0.29) is 11.9 Å². The van der Waals surface area contributed by atoms with Gasteiger partial charge in [-0.2, -0.15) is 0 Å². The molecule has 0 aliphatic heterocycles. The largest absolute Gasteiger partial charge is 0.466 e. The molecule has 0 bridgehead atoms. The molecule has 0 radical (unpaired) electrons. The molecular formula is C15H21NO2. The van der Waals surface area contributed by atoms with Gasteiger partial charge in [0.1, 0.15) is 0 Å². The highest BCUT2D eigenvalue weighted by Gasteiger charge is 2.27. The summed E-state index contributed by atoms with van der Waals surface area (Å²) >= 11 is 0. The van der Waals surface area contributed by atoms with Gasteiger partial charge in [0.25, 0.3) is 0 Å². The van der Waals surface area contributed by atoms with Crippen molar-refractivity contribution in [3.8, 4) is 0 Å². The zero-order valence-corrected chi connectivity index (χ0v) is 10.9. The van der Waals surface area contributed by atoms with Crippen molar-refractivity contribution >= 4 is 5.97 Å². The molecule has 2 N–H and O–H groups in total. The van der Waals surface area contributed by atoms with Crippen molar-refractivity contribution in [1.29, 1.82) is 0 Å². The fourth-order valence-electron chi connectivity index (χ4n) is 2.30. The van der Waals surface area contributed by atoms with Crippen LogP contribution in [0.25, 0.3) is 0 Å². The maximum Gasteiger partial charge on any atom is 0.310 e. The number of benzene rings is 1. The van der Waals surface area contributed by atoms with Crippen LogP contribution in [0.4, 0.5) is 0 Å². The molecule has 1 aromatic carbocycles. The molecular weight excluding hydrogens is 226 g/mol. The molecule has 0 saturated heterocycles. The lowest BCUT2D eigenvalue weighted by Gasteiger charge is -2.15. The monoisotopic (exact) mass is 247 g/mol. The Kier molecular flexibility index (Phi) is 4.37. The summed E-state index contributed by atoms with van der Waals surface area (Å²) in [7, 11) is 0. The highest BCUT2D eigenvalue weighted by Crippen LogP contribution is 2.42. The van der Waals surface area contributed by atoms with Crippen molar-refractivity contribution in [2.75, 3.05) is 13.2 Å². The van der Waals surface area contributed by atoms with E-state index in [0.717, 1.165) is 0 Å². The summed E-state index contributed by atoms with van der Waals surface area (Å²) in [6.45, 7) is 2.58. The number of ether oxygens (including phenoxy) is 1. The summed E-state index contributed by atoms with van der Waals surface area (Å²) in [6.07, 6.45) is 3.23. The quantitative estimate of drug-likeness (QED) is 0.784. The molecule has 1 saturated carbocycles. The molecule has 1 atom stereocenters. The van der Waals surface area contributed by atoms with Crippen LogP contribution in [-0.2, 0) is 16.0 Å². The van der Waals surface area contributed by atoms with Crippen LogP contribution in [0.1, 0.15) is 36.8 Å². The van der Waals surface area contributed by atoms with Crippen molar-refractivity contribution in [1.82, 2.24) is 0 Å². The molecule has 0 amide bonds. The molecule has 1 aliphatic rings. The van der Waals surface area contributed by atoms with Gasteiger partial charge in [0, 0.05) is 6.54 Å². The van der Waals surface area contributed by atoms with E-state index in [0.29, 0.717) is 25.5 Å². The fraction of sp³-hybridized carbons (Fsp3) is 0.533. The Bertz CT molecular complexity index is 413. The fourth-order valence-corrected chi connectivity index (χ4v) is 2.30. The summed E-state index contributed by atoms with van der Waals surface area (Å²) < 4.78 is 5.06. The van der Waals surface area contributed by atoms with Gasteiger partial charge in [-0.05, 0) is 43.2 Å². The van der Waals surface area contributed by atoms with Crippen LogP contribution < -0.4 is 5.73 Å². The van der Waals surface area contributed by atoms with Gasteiger partial charge in [-0.1, -0.05) is 24.3 Å². The number of carbonyl (C=O) groups is 1. The van der Waals surface area contributed by atoms with Gasteiger partial charge >= 0.3 is 5.97 Å². The Morgan fingerprint density at radius 2 is 2.17 bits per heavy atom. The average Bonchev–Trinajstić information content (AvgIpc) is 3.21. The molecule has 0 aromatic heterocycles. The van der Waals surface area contributed by atoms with E-state index in [1.54, 1.807) is 0 Å². The molecule has 0 spiro atoms. The number of hydrogen-bond donors (Lipinski definition) is 1. The highest BCUT2D eigenvalue weighted by atomic mass is 16.5. The summed E-state index contributed by atoms with van der Waals surface area (Å²) in [5, 5.41) is 0. The molecule has 1 unspecified atom stereocenters. The molecule has 3 heteroatoms. The number of esters is 1. The van der Waals surface area contributed by atoms with Gasteiger partial charge in [-0.15, -0.1) is 0 Å². The summed E-state index contributed by atoms with van der Waals surface area (Å²) in [5.41, 5.74) is 8.34. The van der Waals surface area contributed by atoms with Crippen LogP contribution in [0.15, 0.2) is 24.3 Å². The number of hydrogen-bond acceptors (Lipinski definition) is 3. The van der Waals surface area contributed by atoms with Gasteiger partial charge in [0.15, 0.2) is 0 Å². The van der Waals surface area contributed by atoms with E-state index < -0.39 is 0 Å². The van der Waals surface area contributed by atoms with E-state index in [2.05, 4.69) is 18.2 Å².